The first-order valence-corrected chi connectivity index (χ1v) is 6.97. The molecule has 0 spiro atoms. The number of hydrazine groups is 1. The zero-order chi connectivity index (χ0) is 16.4. The number of alkyl halides is 2. The monoisotopic (exact) mass is 319 g/mol. The van der Waals surface area contributed by atoms with Crippen molar-refractivity contribution in [3.8, 4) is 5.75 Å². The van der Waals surface area contributed by atoms with Crippen molar-refractivity contribution in [1.82, 2.24) is 10.3 Å². The Morgan fingerprint density at radius 2 is 1.70 bits per heavy atom. The highest BCUT2D eigenvalue weighted by molar-refractivity contribution is 5.79. The van der Waals surface area contributed by atoms with Gasteiger partial charge in [-0.3, -0.25) is 0 Å². The molecule has 2 amide bonds. The Kier molecular flexibility index (Phi) is 3.87. The van der Waals surface area contributed by atoms with Gasteiger partial charge in [0.1, 0.15) is 11.3 Å². The highest BCUT2D eigenvalue weighted by atomic mass is 19.3. The van der Waals surface area contributed by atoms with Crippen molar-refractivity contribution in [2.24, 2.45) is 5.84 Å². The van der Waals surface area contributed by atoms with Gasteiger partial charge in [0.2, 0.25) is 0 Å². The van der Waals surface area contributed by atoms with Crippen LogP contribution >= 0.6 is 0 Å². The third-order valence-corrected chi connectivity index (χ3v) is 3.93. The molecule has 3 N–H and O–H groups in total. The average Bonchev–Trinajstić information content (AvgIpc) is 2.85. The number of hydrogen-bond acceptors (Lipinski definition) is 3. The molecule has 0 aromatic heterocycles. The standard InChI is InChI=1S/C16H15F2N3O2/c17-14(18)23-13-8-6-12(7-9-13)16(10-20-15(22)21(16)19)11-4-2-1-3-5-11/h1-9,14H,10,19H2,(H,20,22). The maximum atomic E-state index is 12.3. The Labute approximate surface area is 131 Å². The van der Waals surface area contributed by atoms with Crippen molar-refractivity contribution in [3.63, 3.8) is 0 Å². The highest BCUT2D eigenvalue weighted by Crippen LogP contribution is 2.37. The van der Waals surface area contributed by atoms with E-state index in [1.54, 1.807) is 12.1 Å². The molecule has 120 valence electrons. The fraction of sp³-hybridized carbons (Fsp3) is 0.188. The average molecular weight is 319 g/mol. The van der Waals surface area contributed by atoms with E-state index in [4.69, 9.17) is 5.84 Å². The smallest absolute Gasteiger partial charge is 0.387 e. The Morgan fingerprint density at radius 3 is 2.22 bits per heavy atom. The second kappa shape index (κ2) is 5.85. The van der Waals surface area contributed by atoms with Crippen LogP contribution in [0.3, 0.4) is 0 Å². The fourth-order valence-electron chi connectivity index (χ4n) is 2.82. The molecule has 7 heteroatoms. The summed E-state index contributed by atoms with van der Waals surface area (Å²) in [6.45, 7) is -2.61. The number of urea groups is 1. The highest BCUT2D eigenvalue weighted by Gasteiger charge is 2.47. The molecule has 0 saturated carbocycles. The summed E-state index contributed by atoms with van der Waals surface area (Å²) < 4.78 is 28.9. The molecule has 1 aliphatic rings. The summed E-state index contributed by atoms with van der Waals surface area (Å²) in [7, 11) is 0. The normalized spacial score (nSPS) is 20.7. The quantitative estimate of drug-likeness (QED) is 0.672. The lowest BCUT2D eigenvalue weighted by molar-refractivity contribution is -0.0498. The van der Waals surface area contributed by atoms with E-state index in [0.29, 0.717) is 5.56 Å². The van der Waals surface area contributed by atoms with Crippen LogP contribution in [0.15, 0.2) is 54.6 Å². The third-order valence-electron chi connectivity index (χ3n) is 3.93. The lowest BCUT2D eigenvalue weighted by Crippen LogP contribution is -2.49. The molecule has 23 heavy (non-hydrogen) atoms. The van der Waals surface area contributed by atoms with E-state index in [9.17, 15) is 13.6 Å². The lowest BCUT2D eigenvalue weighted by atomic mass is 9.83. The first-order valence-electron chi connectivity index (χ1n) is 6.97. The molecular formula is C16H15F2N3O2. The number of hydrogen-bond donors (Lipinski definition) is 2. The molecule has 3 rings (SSSR count). The van der Waals surface area contributed by atoms with E-state index < -0.39 is 18.2 Å². The Bertz CT molecular complexity index is 694. The predicted molar refractivity (Wildman–Crippen MR) is 79.7 cm³/mol. The first kappa shape index (κ1) is 15.2. The second-order valence-electron chi connectivity index (χ2n) is 5.16. The number of halogens is 2. The van der Waals surface area contributed by atoms with Crippen molar-refractivity contribution >= 4 is 6.03 Å². The van der Waals surface area contributed by atoms with Crippen molar-refractivity contribution in [2.45, 2.75) is 12.2 Å². The van der Waals surface area contributed by atoms with E-state index in [2.05, 4.69) is 10.1 Å². The van der Waals surface area contributed by atoms with Crippen LogP contribution in [0.2, 0.25) is 0 Å². The van der Waals surface area contributed by atoms with Crippen LogP contribution in [0.25, 0.3) is 0 Å². The van der Waals surface area contributed by atoms with Crippen molar-refractivity contribution in [3.05, 3.63) is 65.7 Å². The molecule has 0 bridgehead atoms. The van der Waals surface area contributed by atoms with Crippen molar-refractivity contribution in [2.75, 3.05) is 6.54 Å². The number of nitrogens with two attached hydrogens (primary N) is 1. The number of ether oxygens (including phenoxy) is 1. The Balaban J connectivity index is 2.05. The molecule has 1 unspecified atom stereocenters. The molecule has 0 radical (unpaired) electrons. The van der Waals surface area contributed by atoms with Crippen LogP contribution in [-0.4, -0.2) is 24.2 Å². The summed E-state index contributed by atoms with van der Waals surface area (Å²) >= 11 is 0. The van der Waals surface area contributed by atoms with Gasteiger partial charge >= 0.3 is 12.6 Å². The van der Waals surface area contributed by atoms with Crippen LogP contribution in [0, 0.1) is 0 Å². The molecule has 5 nitrogen and oxygen atoms in total. The number of benzene rings is 2. The first-order chi connectivity index (χ1) is 11.0. The molecule has 1 heterocycles. The van der Waals surface area contributed by atoms with E-state index in [1.165, 1.54) is 12.1 Å². The maximum absolute atomic E-state index is 12.3. The topological polar surface area (TPSA) is 67.6 Å². The number of rotatable bonds is 4. The minimum Gasteiger partial charge on any atom is -0.435 e. The number of amides is 2. The summed E-state index contributed by atoms with van der Waals surface area (Å²) in [4.78, 5) is 11.9. The number of carbonyl (C=O) groups excluding carboxylic acids is 1. The number of nitrogens with zero attached hydrogens (tertiary/aromatic N) is 1. The summed E-state index contributed by atoms with van der Waals surface area (Å²) in [5.41, 5.74) is 0.622. The zero-order valence-corrected chi connectivity index (χ0v) is 12.1. The van der Waals surface area contributed by atoms with Crippen LogP contribution in [0.4, 0.5) is 13.6 Å². The molecular weight excluding hydrogens is 304 g/mol. The fourth-order valence-corrected chi connectivity index (χ4v) is 2.82. The van der Waals surface area contributed by atoms with Gasteiger partial charge in [0.25, 0.3) is 0 Å². The third kappa shape index (κ3) is 2.59. The molecule has 1 atom stereocenters. The van der Waals surface area contributed by atoms with Crippen molar-refractivity contribution < 1.29 is 18.3 Å². The van der Waals surface area contributed by atoms with Gasteiger partial charge in [-0.1, -0.05) is 42.5 Å². The van der Waals surface area contributed by atoms with Gasteiger partial charge in [-0.05, 0) is 23.3 Å². The molecule has 0 aliphatic carbocycles. The molecule has 1 aliphatic heterocycles. The van der Waals surface area contributed by atoms with Crippen molar-refractivity contribution in [1.29, 1.82) is 0 Å². The molecule has 2 aromatic carbocycles. The summed E-state index contributed by atoms with van der Waals surface area (Å²) in [5, 5.41) is 3.85. The second-order valence-corrected chi connectivity index (χ2v) is 5.16. The molecule has 1 fully saturated rings. The SMILES string of the molecule is NN1C(=O)NCC1(c1ccccc1)c1ccc(OC(F)F)cc1. The van der Waals surface area contributed by atoms with Gasteiger partial charge in [0.05, 0.1) is 6.54 Å². The Morgan fingerprint density at radius 1 is 1.09 bits per heavy atom. The minimum atomic E-state index is -2.88. The van der Waals surface area contributed by atoms with Gasteiger partial charge in [-0.25, -0.2) is 15.6 Å². The summed E-state index contributed by atoms with van der Waals surface area (Å²) in [5.74, 6) is 6.06. The van der Waals surface area contributed by atoms with Crippen LogP contribution in [-0.2, 0) is 5.54 Å². The minimum absolute atomic E-state index is 0.0489. The number of carbonyl (C=O) groups is 1. The summed E-state index contributed by atoms with van der Waals surface area (Å²) in [6, 6.07) is 15.0. The molecule has 1 saturated heterocycles. The Hall–Kier alpha value is -2.67. The predicted octanol–water partition coefficient (Wildman–Crippen LogP) is 2.43. The van der Waals surface area contributed by atoms with Gasteiger partial charge in [-0.15, -0.1) is 0 Å². The van der Waals surface area contributed by atoms with E-state index >= 15 is 0 Å². The van der Waals surface area contributed by atoms with Crippen LogP contribution in [0.5, 0.6) is 5.75 Å². The largest absolute Gasteiger partial charge is 0.435 e. The molecule has 2 aromatic rings. The van der Waals surface area contributed by atoms with Gasteiger partial charge in [0.15, 0.2) is 0 Å². The van der Waals surface area contributed by atoms with E-state index in [1.807, 2.05) is 30.3 Å². The van der Waals surface area contributed by atoms with Crippen LogP contribution < -0.4 is 15.9 Å². The van der Waals surface area contributed by atoms with Gasteiger partial charge in [0, 0.05) is 0 Å². The van der Waals surface area contributed by atoms with Crippen LogP contribution in [0.1, 0.15) is 11.1 Å². The number of nitrogens with one attached hydrogen (secondary N) is 1. The lowest BCUT2D eigenvalue weighted by Gasteiger charge is -2.35. The maximum Gasteiger partial charge on any atom is 0.387 e. The van der Waals surface area contributed by atoms with E-state index in [-0.39, 0.29) is 12.3 Å². The summed E-state index contributed by atoms with van der Waals surface area (Å²) in [6.07, 6.45) is 0. The van der Waals surface area contributed by atoms with Gasteiger partial charge in [-0.2, -0.15) is 8.78 Å². The van der Waals surface area contributed by atoms with E-state index in [0.717, 1.165) is 10.6 Å². The zero-order valence-electron chi connectivity index (χ0n) is 12.1. The van der Waals surface area contributed by atoms with Gasteiger partial charge < -0.3 is 10.1 Å².